The normalized spacial score (nSPS) is 17.6. The highest BCUT2D eigenvalue weighted by molar-refractivity contribution is 7.14. The molecule has 1 atom stereocenters. The number of hydrogen-bond donors (Lipinski definition) is 0. The van der Waals surface area contributed by atoms with Gasteiger partial charge in [-0.1, -0.05) is 6.92 Å². The third kappa shape index (κ3) is 3.02. The zero-order valence-electron chi connectivity index (χ0n) is 12.8. The summed E-state index contributed by atoms with van der Waals surface area (Å²) in [5.74, 6) is 0.856. The third-order valence-electron chi connectivity index (χ3n) is 4.06. The van der Waals surface area contributed by atoms with Crippen molar-refractivity contribution in [2.24, 2.45) is 13.0 Å². The van der Waals surface area contributed by atoms with Gasteiger partial charge in [0.15, 0.2) is 0 Å². The lowest BCUT2D eigenvalue weighted by molar-refractivity contribution is 0.0790. The van der Waals surface area contributed by atoms with Crippen LogP contribution in [0.15, 0.2) is 18.5 Å². The molecule has 0 aliphatic heterocycles. The predicted molar refractivity (Wildman–Crippen MR) is 84.5 cm³/mol. The molecule has 0 saturated carbocycles. The number of nitrogens with zero attached hydrogens (tertiary/aromatic N) is 3. The van der Waals surface area contributed by atoms with Gasteiger partial charge in [-0.2, -0.15) is 5.10 Å². The van der Waals surface area contributed by atoms with Crippen molar-refractivity contribution in [2.75, 3.05) is 7.05 Å². The molecular weight excluding hydrogens is 282 g/mol. The predicted octanol–water partition coefficient (Wildman–Crippen LogP) is 2.88. The van der Waals surface area contributed by atoms with Crippen molar-refractivity contribution in [1.29, 1.82) is 0 Å². The molecule has 2 aromatic rings. The average molecular weight is 303 g/mol. The zero-order valence-corrected chi connectivity index (χ0v) is 13.6. The lowest BCUT2D eigenvalue weighted by Crippen LogP contribution is -2.25. The van der Waals surface area contributed by atoms with E-state index in [4.69, 9.17) is 0 Å². The van der Waals surface area contributed by atoms with Gasteiger partial charge in [0.2, 0.25) is 0 Å². The molecule has 5 heteroatoms. The highest BCUT2D eigenvalue weighted by Crippen LogP contribution is 2.32. The first-order valence-electron chi connectivity index (χ1n) is 7.37. The minimum Gasteiger partial charge on any atom is -0.337 e. The summed E-state index contributed by atoms with van der Waals surface area (Å²) in [5.41, 5.74) is 2.44. The first-order valence-corrected chi connectivity index (χ1v) is 8.19. The Hall–Kier alpha value is -1.62. The fourth-order valence-electron chi connectivity index (χ4n) is 2.90. The van der Waals surface area contributed by atoms with Crippen molar-refractivity contribution in [2.45, 2.75) is 32.7 Å². The highest BCUT2D eigenvalue weighted by Gasteiger charge is 2.22. The van der Waals surface area contributed by atoms with E-state index in [2.05, 4.69) is 18.1 Å². The van der Waals surface area contributed by atoms with E-state index in [1.54, 1.807) is 20.9 Å². The van der Waals surface area contributed by atoms with Gasteiger partial charge in [-0.3, -0.25) is 9.48 Å². The first-order chi connectivity index (χ1) is 10.0. The largest absolute Gasteiger partial charge is 0.337 e. The van der Waals surface area contributed by atoms with E-state index in [1.165, 1.54) is 16.9 Å². The molecule has 1 aliphatic carbocycles. The number of carbonyl (C=O) groups is 1. The van der Waals surface area contributed by atoms with Gasteiger partial charge in [0.1, 0.15) is 0 Å². The number of carbonyl (C=O) groups excluding carboxylic acids is 1. The molecule has 0 bridgehead atoms. The summed E-state index contributed by atoms with van der Waals surface area (Å²) in [7, 11) is 3.75. The second-order valence-corrected chi connectivity index (χ2v) is 7.23. The van der Waals surface area contributed by atoms with Crippen LogP contribution in [0.2, 0.25) is 0 Å². The standard InChI is InChI=1S/C16H21N3OS/c1-11-4-5-14-13(6-11)7-15(21-14)16(20)18(2)9-12-8-17-19(3)10-12/h7-8,10-11H,4-6,9H2,1-3H3. The molecule has 0 radical (unpaired) electrons. The molecule has 1 aliphatic rings. The van der Waals surface area contributed by atoms with Gasteiger partial charge in [-0.25, -0.2) is 0 Å². The maximum absolute atomic E-state index is 12.6. The Bertz CT molecular complexity index is 658. The molecule has 3 rings (SSSR count). The molecule has 4 nitrogen and oxygen atoms in total. The summed E-state index contributed by atoms with van der Waals surface area (Å²) in [6.07, 6.45) is 7.24. The van der Waals surface area contributed by atoms with Gasteiger partial charge in [0, 0.05) is 37.3 Å². The van der Waals surface area contributed by atoms with E-state index in [0.29, 0.717) is 6.54 Å². The molecule has 1 amide bonds. The Labute approximate surface area is 129 Å². The van der Waals surface area contributed by atoms with E-state index in [1.807, 2.05) is 26.5 Å². The van der Waals surface area contributed by atoms with Crippen LogP contribution in [0.3, 0.4) is 0 Å². The quantitative estimate of drug-likeness (QED) is 0.874. The van der Waals surface area contributed by atoms with Gasteiger partial charge in [-0.15, -0.1) is 11.3 Å². The van der Waals surface area contributed by atoms with Crippen LogP contribution in [0.5, 0.6) is 0 Å². The molecule has 0 saturated heterocycles. The molecule has 0 aromatic carbocycles. The first kappa shape index (κ1) is 14.3. The number of hydrogen-bond acceptors (Lipinski definition) is 3. The van der Waals surface area contributed by atoms with Crippen LogP contribution in [0.25, 0.3) is 0 Å². The van der Waals surface area contributed by atoms with Crippen molar-refractivity contribution in [1.82, 2.24) is 14.7 Å². The molecule has 0 N–H and O–H groups in total. The van der Waals surface area contributed by atoms with Gasteiger partial charge >= 0.3 is 0 Å². The van der Waals surface area contributed by atoms with Gasteiger partial charge in [0.25, 0.3) is 5.91 Å². The molecule has 2 heterocycles. The van der Waals surface area contributed by atoms with E-state index in [9.17, 15) is 4.79 Å². The van der Waals surface area contributed by atoms with Crippen LogP contribution in [-0.4, -0.2) is 27.6 Å². The molecular formula is C16H21N3OS. The fraction of sp³-hybridized carbons (Fsp3) is 0.500. The summed E-state index contributed by atoms with van der Waals surface area (Å²) < 4.78 is 1.76. The molecule has 0 spiro atoms. The monoisotopic (exact) mass is 303 g/mol. The smallest absolute Gasteiger partial charge is 0.263 e. The number of thiophene rings is 1. The Morgan fingerprint density at radius 1 is 1.57 bits per heavy atom. The van der Waals surface area contributed by atoms with Crippen molar-refractivity contribution < 1.29 is 4.79 Å². The van der Waals surface area contributed by atoms with Crippen LogP contribution in [0.1, 0.15) is 39.0 Å². The fourth-order valence-corrected chi connectivity index (χ4v) is 4.10. The van der Waals surface area contributed by atoms with E-state index >= 15 is 0 Å². The minimum atomic E-state index is 0.117. The van der Waals surface area contributed by atoms with Crippen molar-refractivity contribution >= 4 is 17.2 Å². The van der Waals surface area contributed by atoms with Crippen LogP contribution in [0, 0.1) is 5.92 Å². The van der Waals surface area contributed by atoms with Crippen LogP contribution in [-0.2, 0) is 26.4 Å². The summed E-state index contributed by atoms with van der Waals surface area (Å²) in [5, 5.41) is 4.14. The molecule has 112 valence electrons. The minimum absolute atomic E-state index is 0.117. The second-order valence-electron chi connectivity index (χ2n) is 6.09. The van der Waals surface area contributed by atoms with E-state index in [-0.39, 0.29) is 5.91 Å². The lowest BCUT2D eigenvalue weighted by Gasteiger charge is -2.16. The van der Waals surface area contributed by atoms with Crippen LogP contribution in [0.4, 0.5) is 0 Å². The Morgan fingerprint density at radius 3 is 3.10 bits per heavy atom. The number of amides is 1. The maximum atomic E-state index is 12.6. The molecule has 0 fully saturated rings. The number of aryl methyl sites for hydroxylation is 2. The number of rotatable bonds is 3. The second kappa shape index (κ2) is 5.64. The number of aromatic nitrogens is 2. The van der Waals surface area contributed by atoms with Gasteiger partial charge in [-0.05, 0) is 36.8 Å². The summed E-state index contributed by atoms with van der Waals surface area (Å²) in [6.45, 7) is 2.89. The molecule has 2 aromatic heterocycles. The third-order valence-corrected chi connectivity index (χ3v) is 5.29. The Kier molecular flexibility index (Phi) is 3.85. The Balaban J connectivity index is 1.72. The molecule has 1 unspecified atom stereocenters. The SMILES string of the molecule is CC1CCc2sc(C(=O)N(C)Cc3cnn(C)c3)cc2C1. The lowest BCUT2D eigenvalue weighted by atomic mass is 9.90. The van der Waals surface area contributed by atoms with Gasteiger partial charge < -0.3 is 4.90 Å². The van der Waals surface area contributed by atoms with Gasteiger partial charge in [0.05, 0.1) is 11.1 Å². The molecule has 21 heavy (non-hydrogen) atoms. The number of fused-ring (bicyclic) bond motifs is 1. The summed E-state index contributed by atoms with van der Waals surface area (Å²) >= 11 is 1.68. The van der Waals surface area contributed by atoms with Crippen LogP contribution >= 0.6 is 11.3 Å². The summed E-state index contributed by atoms with van der Waals surface area (Å²) in [6, 6.07) is 2.11. The maximum Gasteiger partial charge on any atom is 0.263 e. The average Bonchev–Trinajstić information content (AvgIpc) is 3.03. The van der Waals surface area contributed by atoms with Crippen molar-refractivity contribution in [3.8, 4) is 0 Å². The van der Waals surface area contributed by atoms with Crippen molar-refractivity contribution in [3.63, 3.8) is 0 Å². The Morgan fingerprint density at radius 2 is 2.38 bits per heavy atom. The van der Waals surface area contributed by atoms with E-state index < -0.39 is 0 Å². The highest BCUT2D eigenvalue weighted by atomic mass is 32.1. The zero-order chi connectivity index (χ0) is 15.0. The topological polar surface area (TPSA) is 38.1 Å². The van der Waals surface area contributed by atoms with E-state index in [0.717, 1.165) is 29.2 Å². The van der Waals surface area contributed by atoms with Crippen LogP contribution < -0.4 is 0 Å². The summed E-state index contributed by atoms with van der Waals surface area (Å²) in [4.78, 5) is 16.6. The van der Waals surface area contributed by atoms with Crippen molar-refractivity contribution in [3.05, 3.63) is 39.3 Å².